The Morgan fingerprint density at radius 2 is 2.05 bits per heavy atom. The molecule has 1 heterocycles. The van der Waals surface area contributed by atoms with Gasteiger partial charge in [0.15, 0.2) is 0 Å². The van der Waals surface area contributed by atoms with E-state index >= 15 is 0 Å². The van der Waals surface area contributed by atoms with E-state index in [9.17, 15) is 0 Å². The van der Waals surface area contributed by atoms with Gasteiger partial charge >= 0.3 is 0 Å². The summed E-state index contributed by atoms with van der Waals surface area (Å²) in [5, 5.41) is 3.74. The molecule has 0 bridgehead atoms. The number of fused-ring (bicyclic) bond motifs is 1. The van der Waals surface area contributed by atoms with Crippen molar-refractivity contribution in [1.29, 1.82) is 0 Å². The fourth-order valence-corrected chi connectivity index (χ4v) is 3.27. The normalized spacial score (nSPS) is 21.2. The molecule has 0 saturated carbocycles. The number of ether oxygens (including phenoxy) is 1. The van der Waals surface area contributed by atoms with Crippen molar-refractivity contribution in [2.45, 2.75) is 58.6 Å². The van der Waals surface area contributed by atoms with Gasteiger partial charge in [0.25, 0.3) is 0 Å². The summed E-state index contributed by atoms with van der Waals surface area (Å²) in [4.78, 5) is 0. The van der Waals surface area contributed by atoms with E-state index in [1.165, 1.54) is 30.4 Å². The van der Waals surface area contributed by atoms with Gasteiger partial charge in [-0.25, -0.2) is 0 Å². The minimum Gasteiger partial charge on any atom is -0.372 e. The van der Waals surface area contributed by atoms with E-state index in [-0.39, 0.29) is 6.10 Å². The van der Waals surface area contributed by atoms with E-state index in [0.29, 0.717) is 12.0 Å². The van der Waals surface area contributed by atoms with Crippen molar-refractivity contribution >= 4 is 0 Å². The molecule has 2 nitrogen and oxygen atoms in total. The van der Waals surface area contributed by atoms with Crippen LogP contribution in [0.4, 0.5) is 0 Å². The lowest BCUT2D eigenvalue weighted by Gasteiger charge is -2.36. The average molecular weight is 275 g/mol. The highest BCUT2D eigenvalue weighted by Gasteiger charge is 2.31. The predicted octanol–water partition coefficient (Wildman–Crippen LogP) is 4.10. The third kappa shape index (κ3) is 3.62. The molecule has 1 N–H and O–H groups in total. The lowest BCUT2D eigenvalue weighted by atomic mass is 9.85. The predicted molar refractivity (Wildman–Crippen MR) is 85.0 cm³/mol. The average Bonchev–Trinajstić information content (AvgIpc) is 2.48. The van der Waals surface area contributed by atoms with Crippen molar-refractivity contribution in [1.82, 2.24) is 5.32 Å². The molecule has 0 spiro atoms. The largest absolute Gasteiger partial charge is 0.372 e. The zero-order chi connectivity index (χ0) is 14.4. The quantitative estimate of drug-likeness (QED) is 0.808. The molecule has 112 valence electrons. The second-order valence-electron chi connectivity index (χ2n) is 5.99. The van der Waals surface area contributed by atoms with Crippen LogP contribution in [-0.2, 0) is 11.2 Å². The Kier molecular flexibility index (Phi) is 6.06. The number of hydrogen-bond donors (Lipinski definition) is 1. The number of nitrogens with one attached hydrogen (secondary N) is 1. The van der Waals surface area contributed by atoms with E-state index in [1.54, 1.807) is 0 Å². The van der Waals surface area contributed by atoms with Gasteiger partial charge in [0, 0.05) is 6.04 Å². The molecule has 1 aromatic carbocycles. The summed E-state index contributed by atoms with van der Waals surface area (Å²) in [6, 6.07) is 9.22. The fraction of sp³-hybridized carbons (Fsp3) is 0.667. The molecule has 3 atom stereocenters. The van der Waals surface area contributed by atoms with Crippen molar-refractivity contribution in [2.75, 3.05) is 13.2 Å². The van der Waals surface area contributed by atoms with Gasteiger partial charge in [0.05, 0.1) is 12.7 Å². The van der Waals surface area contributed by atoms with Crippen molar-refractivity contribution in [3.05, 3.63) is 35.4 Å². The standard InChI is InChI=1S/C18H29NO/c1-4-8-14(3)17(19-12-5-2)18-16-10-7-6-9-15(16)11-13-20-18/h6-7,9-10,14,17-19H,4-5,8,11-13H2,1-3H3. The highest BCUT2D eigenvalue weighted by molar-refractivity contribution is 5.32. The van der Waals surface area contributed by atoms with Crippen LogP contribution in [0.3, 0.4) is 0 Å². The van der Waals surface area contributed by atoms with E-state index < -0.39 is 0 Å². The van der Waals surface area contributed by atoms with Gasteiger partial charge in [0.1, 0.15) is 0 Å². The van der Waals surface area contributed by atoms with Gasteiger partial charge in [-0.05, 0) is 42.9 Å². The minimum absolute atomic E-state index is 0.216. The molecule has 0 fully saturated rings. The molecule has 1 aromatic rings. The molecular weight excluding hydrogens is 246 g/mol. The maximum absolute atomic E-state index is 6.17. The molecule has 0 aromatic heterocycles. The lowest BCUT2D eigenvalue weighted by Crippen LogP contribution is -2.43. The number of rotatable bonds is 7. The maximum atomic E-state index is 6.17. The van der Waals surface area contributed by atoms with Gasteiger partial charge in [-0.1, -0.05) is 51.5 Å². The second kappa shape index (κ2) is 7.80. The molecule has 2 heteroatoms. The van der Waals surface area contributed by atoms with Crippen LogP contribution in [0.1, 0.15) is 57.3 Å². The summed E-state index contributed by atoms with van der Waals surface area (Å²) in [5.41, 5.74) is 2.87. The summed E-state index contributed by atoms with van der Waals surface area (Å²) in [5.74, 6) is 0.641. The van der Waals surface area contributed by atoms with Crippen molar-refractivity contribution in [3.8, 4) is 0 Å². The Bertz CT molecular complexity index is 404. The molecule has 0 aliphatic carbocycles. The molecular formula is C18H29NO. The summed E-state index contributed by atoms with van der Waals surface area (Å²) >= 11 is 0. The molecule has 2 rings (SSSR count). The first-order valence-corrected chi connectivity index (χ1v) is 8.20. The summed E-state index contributed by atoms with van der Waals surface area (Å²) < 4.78 is 6.17. The zero-order valence-corrected chi connectivity index (χ0v) is 13.2. The van der Waals surface area contributed by atoms with Crippen LogP contribution in [-0.4, -0.2) is 19.2 Å². The van der Waals surface area contributed by atoms with Gasteiger partial charge < -0.3 is 10.1 Å². The molecule has 0 saturated heterocycles. The second-order valence-corrected chi connectivity index (χ2v) is 5.99. The minimum atomic E-state index is 0.216. The van der Waals surface area contributed by atoms with Crippen LogP contribution in [0.25, 0.3) is 0 Å². The van der Waals surface area contributed by atoms with Gasteiger partial charge in [-0.2, -0.15) is 0 Å². The van der Waals surface area contributed by atoms with Crippen LogP contribution >= 0.6 is 0 Å². The highest BCUT2D eigenvalue weighted by atomic mass is 16.5. The van der Waals surface area contributed by atoms with Crippen molar-refractivity contribution in [2.24, 2.45) is 5.92 Å². The molecule has 3 unspecified atom stereocenters. The third-order valence-electron chi connectivity index (χ3n) is 4.34. The maximum Gasteiger partial charge on any atom is 0.0983 e. The lowest BCUT2D eigenvalue weighted by molar-refractivity contribution is 0.000650. The Balaban J connectivity index is 2.20. The Morgan fingerprint density at radius 3 is 2.80 bits per heavy atom. The van der Waals surface area contributed by atoms with Crippen molar-refractivity contribution in [3.63, 3.8) is 0 Å². The van der Waals surface area contributed by atoms with Crippen LogP contribution in [0.15, 0.2) is 24.3 Å². The SMILES string of the molecule is CCCNC(C(C)CCC)C1OCCc2ccccc21. The van der Waals surface area contributed by atoms with Gasteiger partial charge in [-0.15, -0.1) is 0 Å². The summed E-state index contributed by atoms with van der Waals surface area (Å²) in [6.07, 6.45) is 4.93. The van der Waals surface area contributed by atoms with Crippen LogP contribution in [0.2, 0.25) is 0 Å². The smallest absolute Gasteiger partial charge is 0.0983 e. The van der Waals surface area contributed by atoms with Crippen LogP contribution < -0.4 is 5.32 Å². The highest BCUT2D eigenvalue weighted by Crippen LogP contribution is 2.33. The molecule has 1 aliphatic rings. The molecule has 20 heavy (non-hydrogen) atoms. The fourth-order valence-electron chi connectivity index (χ4n) is 3.27. The van der Waals surface area contributed by atoms with Gasteiger partial charge in [0.2, 0.25) is 0 Å². The first-order valence-electron chi connectivity index (χ1n) is 8.20. The van der Waals surface area contributed by atoms with Crippen LogP contribution in [0, 0.1) is 5.92 Å². The zero-order valence-electron chi connectivity index (χ0n) is 13.2. The van der Waals surface area contributed by atoms with Crippen LogP contribution in [0.5, 0.6) is 0 Å². The first kappa shape index (κ1) is 15.5. The molecule has 1 aliphatic heterocycles. The van der Waals surface area contributed by atoms with E-state index in [1.807, 2.05) is 0 Å². The number of hydrogen-bond acceptors (Lipinski definition) is 2. The molecule has 0 radical (unpaired) electrons. The van der Waals surface area contributed by atoms with Gasteiger partial charge in [-0.3, -0.25) is 0 Å². The van der Waals surface area contributed by atoms with E-state index in [0.717, 1.165) is 19.6 Å². The summed E-state index contributed by atoms with van der Waals surface area (Å²) in [6.45, 7) is 8.77. The monoisotopic (exact) mass is 275 g/mol. The van der Waals surface area contributed by atoms with E-state index in [4.69, 9.17) is 4.74 Å². The third-order valence-corrected chi connectivity index (χ3v) is 4.34. The topological polar surface area (TPSA) is 21.3 Å². The Hall–Kier alpha value is -0.860. The Labute approximate surface area is 123 Å². The van der Waals surface area contributed by atoms with E-state index in [2.05, 4.69) is 50.4 Å². The molecule has 0 amide bonds. The summed E-state index contributed by atoms with van der Waals surface area (Å²) in [7, 11) is 0. The van der Waals surface area contributed by atoms with Crippen molar-refractivity contribution < 1.29 is 4.74 Å². The first-order chi connectivity index (χ1) is 9.77. The number of benzene rings is 1. The Morgan fingerprint density at radius 1 is 1.25 bits per heavy atom.